The van der Waals surface area contributed by atoms with E-state index in [1.807, 2.05) is 31.2 Å². The summed E-state index contributed by atoms with van der Waals surface area (Å²) in [6.07, 6.45) is 0.569. The van der Waals surface area contributed by atoms with E-state index < -0.39 is 0 Å². The van der Waals surface area contributed by atoms with Gasteiger partial charge in [0.05, 0.1) is 12.5 Å². The van der Waals surface area contributed by atoms with E-state index in [-0.39, 0.29) is 18.0 Å². The first-order chi connectivity index (χ1) is 8.72. The van der Waals surface area contributed by atoms with Gasteiger partial charge >= 0.3 is 5.97 Å². The second kappa shape index (κ2) is 5.87. The van der Waals surface area contributed by atoms with Crippen LogP contribution in [0.4, 0.5) is 5.69 Å². The lowest BCUT2D eigenvalue weighted by molar-refractivity contribution is -0.152. The van der Waals surface area contributed by atoms with Gasteiger partial charge < -0.3 is 14.8 Å². The van der Waals surface area contributed by atoms with Crippen molar-refractivity contribution in [2.24, 2.45) is 0 Å². The van der Waals surface area contributed by atoms with Gasteiger partial charge in [-0.1, -0.05) is 18.2 Å². The summed E-state index contributed by atoms with van der Waals surface area (Å²) in [7, 11) is 1.60. The van der Waals surface area contributed by atoms with E-state index in [0.717, 1.165) is 24.2 Å². The van der Waals surface area contributed by atoms with E-state index in [2.05, 4.69) is 5.32 Å². The molecule has 4 heteroatoms. The first-order valence-electron chi connectivity index (χ1n) is 6.24. The van der Waals surface area contributed by atoms with Crippen molar-refractivity contribution < 1.29 is 14.3 Å². The number of hydrogen-bond acceptors (Lipinski definition) is 4. The van der Waals surface area contributed by atoms with Gasteiger partial charge in [0.15, 0.2) is 0 Å². The van der Waals surface area contributed by atoms with Crippen molar-refractivity contribution >= 4 is 11.7 Å². The molecule has 0 amide bonds. The van der Waals surface area contributed by atoms with Crippen LogP contribution in [0.15, 0.2) is 24.3 Å². The number of nitrogens with one attached hydrogen (secondary N) is 1. The highest BCUT2D eigenvalue weighted by atomic mass is 16.6. The summed E-state index contributed by atoms with van der Waals surface area (Å²) in [5.74, 6) is -0.324. The molecule has 1 aromatic carbocycles. The van der Waals surface area contributed by atoms with Crippen LogP contribution in [0.25, 0.3) is 0 Å². The van der Waals surface area contributed by atoms with Crippen LogP contribution in [0.3, 0.4) is 0 Å². The number of fused-ring (bicyclic) bond motifs is 1. The second-order valence-electron chi connectivity index (χ2n) is 4.56. The van der Waals surface area contributed by atoms with Gasteiger partial charge in [-0.05, 0) is 25.0 Å². The molecule has 98 valence electrons. The summed E-state index contributed by atoms with van der Waals surface area (Å²) in [4.78, 5) is 12.1. The molecule has 0 spiro atoms. The molecule has 18 heavy (non-hydrogen) atoms. The molecule has 2 rings (SSSR count). The van der Waals surface area contributed by atoms with Gasteiger partial charge in [-0.2, -0.15) is 0 Å². The summed E-state index contributed by atoms with van der Waals surface area (Å²) < 4.78 is 10.4. The molecule has 2 unspecified atom stereocenters. The zero-order valence-corrected chi connectivity index (χ0v) is 10.8. The highest BCUT2D eigenvalue weighted by Crippen LogP contribution is 2.32. The van der Waals surface area contributed by atoms with Crippen LogP contribution >= 0.6 is 0 Å². The van der Waals surface area contributed by atoms with E-state index in [0.29, 0.717) is 6.61 Å². The minimum absolute atomic E-state index is 0.159. The lowest BCUT2D eigenvalue weighted by atomic mass is 9.91. The number of rotatable bonds is 4. The van der Waals surface area contributed by atoms with E-state index in [1.165, 1.54) is 0 Å². The van der Waals surface area contributed by atoms with Crippen molar-refractivity contribution in [3.05, 3.63) is 29.8 Å². The molecule has 0 saturated carbocycles. The standard InChI is InChI=1S/C14H19NO3/c1-10(9-17-2)18-14(16)12-7-8-15-13-6-4-3-5-11(12)13/h3-6,10,12,15H,7-9H2,1-2H3. The highest BCUT2D eigenvalue weighted by Gasteiger charge is 2.28. The third-order valence-corrected chi connectivity index (χ3v) is 3.09. The SMILES string of the molecule is COCC(C)OC(=O)C1CCNc2ccccc21. The lowest BCUT2D eigenvalue weighted by Gasteiger charge is -2.26. The topological polar surface area (TPSA) is 47.6 Å². The van der Waals surface area contributed by atoms with Gasteiger partial charge in [0.1, 0.15) is 6.10 Å². The average Bonchev–Trinajstić information content (AvgIpc) is 2.38. The maximum absolute atomic E-state index is 12.1. The summed E-state index contributed by atoms with van der Waals surface area (Å²) in [6, 6.07) is 7.89. The Labute approximate surface area is 107 Å². The fourth-order valence-electron chi connectivity index (χ4n) is 2.26. The summed E-state index contributed by atoms with van der Waals surface area (Å²) in [5, 5.41) is 3.29. The maximum Gasteiger partial charge on any atom is 0.313 e. The van der Waals surface area contributed by atoms with Crippen LogP contribution in [0.2, 0.25) is 0 Å². The van der Waals surface area contributed by atoms with Crippen LogP contribution in [0.5, 0.6) is 0 Å². The monoisotopic (exact) mass is 249 g/mol. The van der Waals surface area contributed by atoms with Crippen molar-refractivity contribution in [3.63, 3.8) is 0 Å². The van der Waals surface area contributed by atoms with Gasteiger partial charge in [-0.15, -0.1) is 0 Å². The Morgan fingerprint density at radius 2 is 2.28 bits per heavy atom. The quantitative estimate of drug-likeness (QED) is 0.831. The number of carbonyl (C=O) groups excluding carboxylic acids is 1. The molecule has 0 bridgehead atoms. The molecule has 1 aliphatic heterocycles. The third-order valence-electron chi connectivity index (χ3n) is 3.09. The number of methoxy groups -OCH3 is 1. The van der Waals surface area contributed by atoms with Crippen molar-refractivity contribution in [2.75, 3.05) is 25.6 Å². The Morgan fingerprint density at radius 3 is 3.06 bits per heavy atom. The highest BCUT2D eigenvalue weighted by molar-refractivity contribution is 5.81. The number of hydrogen-bond donors (Lipinski definition) is 1. The van der Waals surface area contributed by atoms with Gasteiger partial charge in [-0.25, -0.2) is 0 Å². The van der Waals surface area contributed by atoms with E-state index in [9.17, 15) is 4.79 Å². The van der Waals surface area contributed by atoms with Gasteiger partial charge in [-0.3, -0.25) is 4.79 Å². The van der Waals surface area contributed by atoms with Crippen molar-refractivity contribution in [2.45, 2.75) is 25.4 Å². The Hall–Kier alpha value is -1.55. The molecule has 1 aromatic rings. The lowest BCUT2D eigenvalue weighted by Crippen LogP contribution is -2.28. The van der Waals surface area contributed by atoms with Gasteiger partial charge in [0.2, 0.25) is 0 Å². The minimum Gasteiger partial charge on any atom is -0.460 e. The van der Waals surface area contributed by atoms with E-state index >= 15 is 0 Å². The molecular formula is C14H19NO3. The normalized spacial score (nSPS) is 19.6. The summed E-state index contributed by atoms with van der Waals surface area (Å²) in [5.41, 5.74) is 2.06. The van der Waals surface area contributed by atoms with Crippen molar-refractivity contribution in [3.8, 4) is 0 Å². The third kappa shape index (κ3) is 2.82. The fourth-order valence-corrected chi connectivity index (χ4v) is 2.26. The molecule has 0 fully saturated rings. The molecule has 0 aliphatic carbocycles. The van der Waals surface area contributed by atoms with Crippen LogP contribution in [0.1, 0.15) is 24.8 Å². The number of ether oxygens (including phenoxy) is 2. The minimum atomic E-state index is -0.204. The Morgan fingerprint density at radius 1 is 1.50 bits per heavy atom. The molecule has 4 nitrogen and oxygen atoms in total. The molecule has 0 aromatic heterocycles. The molecule has 1 aliphatic rings. The smallest absolute Gasteiger partial charge is 0.313 e. The Bertz CT molecular complexity index is 419. The fraction of sp³-hybridized carbons (Fsp3) is 0.500. The van der Waals surface area contributed by atoms with Gasteiger partial charge in [0.25, 0.3) is 0 Å². The van der Waals surface area contributed by atoms with Crippen molar-refractivity contribution in [1.82, 2.24) is 0 Å². The number of benzene rings is 1. The number of esters is 1. The molecule has 0 radical (unpaired) electrons. The molecular weight excluding hydrogens is 230 g/mol. The van der Waals surface area contributed by atoms with E-state index in [1.54, 1.807) is 7.11 Å². The predicted octanol–water partition coefficient (Wildman–Crippen LogP) is 2.16. The second-order valence-corrected chi connectivity index (χ2v) is 4.56. The molecule has 1 heterocycles. The predicted molar refractivity (Wildman–Crippen MR) is 69.7 cm³/mol. The van der Waals surface area contributed by atoms with Crippen LogP contribution in [0, 0.1) is 0 Å². The summed E-state index contributed by atoms with van der Waals surface area (Å²) >= 11 is 0. The zero-order valence-electron chi connectivity index (χ0n) is 10.8. The van der Waals surface area contributed by atoms with Crippen molar-refractivity contribution in [1.29, 1.82) is 0 Å². The van der Waals surface area contributed by atoms with Crippen LogP contribution in [-0.4, -0.2) is 32.3 Å². The average molecular weight is 249 g/mol. The van der Waals surface area contributed by atoms with Crippen LogP contribution < -0.4 is 5.32 Å². The maximum atomic E-state index is 12.1. The molecule has 1 N–H and O–H groups in total. The first-order valence-corrected chi connectivity index (χ1v) is 6.24. The molecule has 0 saturated heterocycles. The number of carbonyl (C=O) groups is 1. The Balaban J connectivity index is 2.08. The molecule has 2 atom stereocenters. The zero-order chi connectivity index (χ0) is 13.0. The summed E-state index contributed by atoms with van der Waals surface area (Å²) in [6.45, 7) is 3.07. The number of para-hydroxylation sites is 1. The van der Waals surface area contributed by atoms with Crippen LogP contribution in [-0.2, 0) is 14.3 Å². The van der Waals surface area contributed by atoms with E-state index in [4.69, 9.17) is 9.47 Å². The number of anilines is 1. The largest absolute Gasteiger partial charge is 0.460 e. The first kappa shape index (κ1) is 12.9. The van der Waals surface area contributed by atoms with Gasteiger partial charge in [0, 0.05) is 19.3 Å². The Kier molecular flexibility index (Phi) is 4.20.